The second kappa shape index (κ2) is 4.65. The summed E-state index contributed by atoms with van der Waals surface area (Å²) in [6.45, 7) is 11.1. The summed E-state index contributed by atoms with van der Waals surface area (Å²) in [5.74, 6) is 0.198. The number of carbonyl (C=O) groups is 1. The Labute approximate surface area is 92.0 Å². The summed E-state index contributed by atoms with van der Waals surface area (Å²) in [6, 6.07) is 0. The summed E-state index contributed by atoms with van der Waals surface area (Å²) in [5.41, 5.74) is 0.143. The van der Waals surface area contributed by atoms with E-state index in [0.29, 0.717) is 11.5 Å². The number of hydrogen-bond acceptors (Lipinski definition) is 2. The maximum atomic E-state index is 11.5. The molecule has 15 heavy (non-hydrogen) atoms. The lowest BCUT2D eigenvalue weighted by molar-refractivity contribution is -0.157. The minimum absolute atomic E-state index is 0.276. The van der Waals surface area contributed by atoms with E-state index in [0.717, 1.165) is 25.7 Å². The lowest BCUT2D eigenvalue weighted by atomic mass is 9.79. The van der Waals surface area contributed by atoms with Crippen molar-refractivity contribution in [2.75, 3.05) is 0 Å². The molecule has 0 amide bonds. The SMILES string of the molecule is C=CC1CCCC(C)(OC(=O)C(=C)C)C1. The molecule has 0 aromatic carbocycles. The molecular formula is C13H20O2. The third-order valence-electron chi connectivity index (χ3n) is 3.00. The fraction of sp³-hybridized carbons (Fsp3) is 0.615. The molecule has 1 aliphatic carbocycles. The van der Waals surface area contributed by atoms with Gasteiger partial charge in [0.05, 0.1) is 0 Å². The average molecular weight is 208 g/mol. The largest absolute Gasteiger partial charge is 0.456 e. The zero-order chi connectivity index (χ0) is 11.5. The van der Waals surface area contributed by atoms with E-state index < -0.39 is 0 Å². The van der Waals surface area contributed by atoms with Crippen LogP contribution in [0.15, 0.2) is 24.8 Å². The molecule has 2 atom stereocenters. The third-order valence-corrected chi connectivity index (χ3v) is 3.00. The fourth-order valence-corrected chi connectivity index (χ4v) is 2.10. The van der Waals surface area contributed by atoms with Crippen molar-refractivity contribution >= 4 is 5.97 Å². The summed E-state index contributed by atoms with van der Waals surface area (Å²) in [6.07, 6.45) is 6.04. The van der Waals surface area contributed by atoms with E-state index in [1.54, 1.807) is 6.92 Å². The lowest BCUT2D eigenvalue weighted by Gasteiger charge is -2.36. The van der Waals surface area contributed by atoms with Gasteiger partial charge in [0.25, 0.3) is 0 Å². The summed E-state index contributed by atoms with van der Waals surface area (Å²) in [7, 11) is 0. The smallest absolute Gasteiger partial charge is 0.333 e. The lowest BCUT2D eigenvalue weighted by Crippen LogP contribution is -2.37. The predicted octanol–water partition coefficient (Wildman–Crippen LogP) is 3.24. The summed E-state index contributed by atoms with van der Waals surface area (Å²) in [4.78, 5) is 11.5. The Balaban J connectivity index is 2.61. The first-order valence-corrected chi connectivity index (χ1v) is 5.48. The van der Waals surface area contributed by atoms with Crippen molar-refractivity contribution in [2.45, 2.75) is 45.1 Å². The fourth-order valence-electron chi connectivity index (χ4n) is 2.10. The molecule has 0 radical (unpaired) electrons. The van der Waals surface area contributed by atoms with Crippen LogP contribution in [0.5, 0.6) is 0 Å². The summed E-state index contributed by atoms with van der Waals surface area (Å²) >= 11 is 0. The Morgan fingerprint density at radius 1 is 1.60 bits per heavy atom. The van der Waals surface area contributed by atoms with E-state index >= 15 is 0 Å². The highest BCUT2D eigenvalue weighted by molar-refractivity contribution is 5.87. The first-order valence-electron chi connectivity index (χ1n) is 5.48. The summed E-state index contributed by atoms with van der Waals surface area (Å²) < 4.78 is 5.49. The van der Waals surface area contributed by atoms with Gasteiger partial charge in [0.2, 0.25) is 0 Å². The van der Waals surface area contributed by atoms with Crippen LogP contribution in [0.4, 0.5) is 0 Å². The number of esters is 1. The average Bonchev–Trinajstić information content (AvgIpc) is 2.16. The number of ether oxygens (including phenoxy) is 1. The van der Waals surface area contributed by atoms with Crippen molar-refractivity contribution in [1.29, 1.82) is 0 Å². The molecule has 1 rings (SSSR count). The number of rotatable bonds is 3. The Hall–Kier alpha value is -1.05. The van der Waals surface area contributed by atoms with Gasteiger partial charge in [0, 0.05) is 5.57 Å². The van der Waals surface area contributed by atoms with Gasteiger partial charge in [-0.05, 0) is 45.4 Å². The van der Waals surface area contributed by atoms with E-state index in [1.807, 2.05) is 13.0 Å². The number of hydrogen-bond donors (Lipinski definition) is 0. The molecule has 0 N–H and O–H groups in total. The standard InChI is InChI=1S/C13H20O2/c1-5-11-7-6-8-13(4,9-11)15-12(14)10(2)3/h5,11H,1-2,6-9H2,3-4H3. The molecule has 2 unspecified atom stereocenters. The van der Waals surface area contributed by atoms with E-state index in [1.165, 1.54) is 0 Å². The molecule has 0 heterocycles. The first kappa shape index (κ1) is 12.0. The first-order chi connectivity index (χ1) is 6.97. The van der Waals surface area contributed by atoms with Crippen LogP contribution in [0.2, 0.25) is 0 Å². The quantitative estimate of drug-likeness (QED) is 0.404. The highest BCUT2D eigenvalue weighted by atomic mass is 16.6. The van der Waals surface area contributed by atoms with Crippen LogP contribution < -0.4 is 0 Å². The highest BCUT2D eigenvalue weighted by Gasteiger charge is 2.34. The van der Waals surface area contributed by atoms with Gasteiger partial charge in [-0.25, -0.2) is 4.79 Å². The third kappa shape index (κ3) is 3.22. The van der Waals surface area contributed by atoms with Crippen molar-refractivity contribution in [3.63, 3.8) is 0 Å². The zero-order valence-corrected chi connectivity index (χ0v) is 9.71. The van der Waals surface area contributed by atoms with E-state index in [4.69, 9.17) is 4.74 Å². The van der Waals surface area contributed by atoms with Crippen LogP contribution in [0.25, 0.3) is 0 Å². The maximum absolute atomic E-state index is 11.5. The molecule has 0 aromatic rings. The Morgan fingerprint density at radius 3 is 2.80 bits per heavy atom. The monoisotopic (exact) mass is 208 g/mol. The molecule has 1 aliphatic rings. The molecule has 0 bridgehead atoms. The van der Waals surface area contributed by atoms with Crippen LogP contribution in [-0.4, -0.2) is 11.6 Å². The molecule has 2 nitrogen and oxygen atoms in total. The molecule has 1 saturated carbocycles. The van der Waals surface area contributed by atoms with Crippen LogP contribution in [0.3, 0.4) is 0 Å². The molecular weight excluding hydrogens is 188 g/mol. The predicted molar refractivity (Wildman–Crippen MR) is 61.5 cm³/mol. The van der Waals surface area contributed by atoms with Crippen molar-refractivity contribution in [3.8, 4) is 0 Å². The Morgan fingerprint density at radius 2 is 2.27 bits per heavy atom. The topological polar surface area (TPSA) is 26.3 Å². The van der Waals surface area contributed by atoms with Crippen molar-refractivity contribution in [1.82, 2.24) is 0 Å². The summed E-state index contributed by atoms with van der Waals surface area (Å²) in [5, 5.41) is 0. The normalized spacial score (nSPS) is 30.7. The molecule has 0 saturated heterocycles. The van der Waals surface area contributed by atoms with Gasteiger partial charge in [0.15, 0.2) is 0 Å². The van der Waals surface area contributed by atoms with Gasteiger partial charge in [-0.3, -0.25) is 0 Å². The van der Waals surface area contributed by atoms with E-state index in [9.17, 15) is 4.79 Å². The maximum Gasteiger partial charge on any atom is 0.333 e. The second-order valence-corrected chi connectivity index (χ2v) is 4.71. The van der Waals surface area contributed by atoms with Crippen LogP contribution >= 0.6 is 0 Å². The highest BCUT2D eigenvalue weighted by Crippen LogP contribution is 2.35. The van der Waals surface area contributed by atoms with Gasteiger partial charge < -0.3 is 4.74 Å². The molecule has 0 aliphatic heterocycles. The second-order valence-electron chi connectivity index (χ2n) is 4.71. The Kier molecular flexibility index (Phi) is 3.72. The minimum Gasteiger partial charge on any atom is -0.456 e. The molecule has 2 heteroatoms. The van der Waals surface area contributed by atoms with Crippen LogP contribution in [0, 0.1) is 5.92 Å². The number of allylic oxidation sites excluding steroid dienone is 1. The molecule has 0 aromatic heterocycles. The van der Waals surface area contributed by atoms with Gasteiger partial charge >= 0.3 is 5.97 Å². The van der Waals surface area contributed by atoms with Gasteiger partial charge in [-0.1, -0.05) is 12.7 Å². The van der Waals surface area contributed by atoms with Crippen molar-refractivity contribution < 1.29 is 9.53 Å². The van der Waals surface area contributed by atoms with Crippen LogP contribution in [0.1, 0.15) is 39.5 Å². The van der Waals surface area contributed by atoms with Gasteiger partial charge in [-0.2, -0.15) is 0 Å². The number of carbonyl (C=O) groups excluding carboxylic acids is 1. The van der Waals surface area contributed by atoms with Crippen LogP contribution in [-0.2, 0) is 9.53 Å². The zero-order valence-electron chi connectivity index (χ0n) is 9.71. The minimum atomic E-state index is -0.326. The molecule has 0 spiro atoms. The van der Waals surface area contributed by atoms with E-state index in [-0.39, 0.29) is 11.6 Å². The van der Waals surface area contributed by atoms with Crippen molar-refractivity contribution in [2.24, 2.45) is 5.92 Å². The van der Waals surface area contributed by atoms with Crippen molar-refractivity contribution in [3.05, 3.63) is 24.8 Å². The Bertz CT molecular complexity index is 280. The van der Waals surface area contributed by atoms with Gasteiger partial charge in [0.1, 0.15) is 5.60 Å². The molecule has 84 valence electrons. The molecule has 1 fully saturated rings. The van der Waals surface area contributed by atoms with E-state index in [2.05, 4.69) is 13.2 Å². The van der Waals surface area contributed by atoms with Gasteiger partial charge in [-0.15, -0.1) is 6.58 Å².